The van der Waals surface area contributed by atoms with E-state index < -0.39 is 11.6 Å². The molecule has 1 saturated carbocycles. The van der Waals surface area contributed by atoms with Crippen molar-refractivity contribution in [3.63, 3.8) is 0 Å². The molecule has 4 aromatic rings. The lowest BCUT2D eigenvalue weighted by atomic mass is 9.84. The first-order valence-electron chi connectivity index (χ1n) is 19.9. The largest absolute Gasteiger partial charge is 0.483 e. The normalized spacial score (nSPS) is 13.3. The monoisotopic (exact) mass is 776 g/mol. The Morgan fingerprint density at radius 1 is 1.05 bits per heavy atom. The van der Waals surface area contributed by atoms with Crippen LogP contribution in [0.2, 0.25) is 0 Å². The van der Waals surface area contributed by atoms with Gasteiger partial charge >= 0.3 is 0 Å². The number of aromatic nitrogens is 1. The molecule has 10 heteroatoms. The van der Waals surface area contributed by atoms with E-state index in [4.69, 9.17) is 19.7 Å². The minimum atomic E-state index is -0.681. The van der Waals surface area contributed by atoms with E-state index in [2.05, 4.69) is 69.7 Å². The summed E-state index contributed by atoms with van der Waals surface area (Å²) in [6, 6.07) is 15.6. The van der Waals surface area contributed by atoms with Crippen LogP contribution in [0.5, 0.6) is 11.5 Å². The summed E-state index contributed by atoms with van der Waals surface area (Å²) in [5, 5.41) is 13.9. The summed E-state index contributed by atoms with van der Waals surface area (Å²) in [4.78, 5) is 13.1. The first-order chi connectivity index (χ1) is 26.8. The molecule has 1 aromatic heterocycles. The first kappa shape index (κ1) is 47.3. The third kappa shape index (κ3) is 13.4. The molecule has 0 atom stereocenters. The second-order valence-electron chi connectivity index (χ2n) is 14.7. The Morgan fingerprint density at radius 2 is 1.73 bits per heavy atom. The lowest BCUT2D eigenvalue weighted by Crippen LogP contribution is -2.15. The zero-order chi connectivity index (χ0) is 42.1. The minimum absolute atomic E-state index is 0.0153. The van der Waals surface area contributed by atoms with E-state index >= 15 is 8.78 Å². The topological polar surface area (TPSA) is 79.4 Å². The maximum Gasteiger partial charge on any atom is 0.290 e. The van der Waals surface area contributed by atoms with Gasteiger partial charge in [0.2, 0.25) is 0 Å². The number of nitrogens with zero attached hydrogens (tertiary/aromatic N) is 4. The Bertz CT molecular complexity index is 1930. The van der Waals surface area contributed by atoms with Crippen molar-refractivity contribution in [2.75, 3.05) is 7.05 Å². The Kier molecular flexibility index (Phi) is 19.1. The number of allylic oxidation sites excluding steroid dienone is 1. The molecule has 0 spiro atoms. The maximum atomic E-state index is 15.3. The van der Waals surface area contributed by atoms with Crippen molar-refractivity contribution < 1.29 is 27.9 Å². The molecule has 0 amide bonds. The van der Waals surface area contributed by atoms with Gasteiger partial charge in [0.15, 0.2) is 17.4 Å². The highest BCUT2D eigenvalue weighted by atomic mass is 19.2. The number of halogens is 3. The molecule has 1 aliphatic carbocycles. The number of carboxylic acid groups (broad SMARTS) is 1. The van der Waals surface area contributed by atoms with Crippen LogP contribution in [0, 0.1) is 22.5 Å². The molecule has 1 heterocycles. The summed E-state index contributed by atoms with van der Waals surface area (Å²) >= 11 is 0. The van der Waals surface area contributed by atoms with E-state index in [0.29, 0.717) is 45.4 Å². The number of ether oxygens (including phenoxy) is 1. The highest BCUT2D eigenvalue weighted by molar-refractivity contribution is 6.24. The zero-order valence-electron chi connectivity index (χ0n) is 35.2. The summed E-state index contributed by atoms with van der Waals surface area (Å²) in [6.07, 6.45) is 11.1. The zero-order valence-corrected chi connectivity index (χ0v) is 35.2. The fraction of sp³-hybridized carbons (Fsp3) is 0.457. The van der Waals surface area contributed by atoms with Crippen LogP contribution in [0.15, 0.2) is 77.0 Å². The smallest absolute Gasteiger partial charge is 0.290 e. The van der Waals surface area contributed by atoms with Crippen molar-refractivity contribution >= 4 is 35.5 Å². The van der Waals surface area contributed by atoms with Crippen molar-refractivity contribution in [2.24, 2.45) is 20.9 Å². The second kappa shape index (κ2) is 22.6. The van der Waals surface area contributed by atoms with Crippen molar-refractivity contribution in [1.82, 2.24) is 9.80 Å². The van der Waals surface area contributed by atoms with Crippen molar-refractivity contribution in [1.29, 1.82) is 0 Å². The van der Waals surface area contributed by atoms with E-state index in [9.17, 15) is 4.48 Å². The van der Waals surface area contributed by atoms with Gasteiger partial charge in [-0.1, -0.05) is 110 Å². The Labute approximate surface area is 332 Å². The van der Waals surface area contributed by atoms with Gasteiger partial charge in [-0.05, 0) is 91.5 Å². The van der Waals surface area contributed by atoms with Gasteiger partial charge in [0.25, 0.3) is 6.47 Å². The molecule has 0 unspecified atom stereocenters. The van der Waals surface area contributed by atoms with Crippen LogP contribution in [-0.4, -0.2) is 41.0 Å². The van der Waals surface area contributed by atoms with Crippen LogP contribution in [0.25, 0.3) is 16.5 Å². The van der Waals surface area contributed by atoms with Crippen molar-refractivity contribution in [3.05, 3.63) is 101 Å². The predicted molar refractivity (Wildman–Crippen MR) is 227 cm³/mol. The van der Waals surface area contributed by atoms with Crippen LogP contribution < -0.4 is 4.74 Å². The molecule has 1 fully saturated rings. The fourth-order valence-electron chi connectivity index (χ4n) is 6.20. The highest BCUT2D eigenvalue weighted by Crippen LogP contribution is 2.47. The van der Waals surface area contributed by atoms with Crippen LogP contribution >= 0.6 is 0 Å². The fourth-order valence-corrected chi connectivity index (χ4v) is 6.20. The number of aliphatic imine (C=N–C) groups is 1. The van der Waals surface area contributed by atoms with Crippen molar-refractivity contribution in [3.8, 4) is 11.5 Å². The number of rotatable bonds is 15. The summed E-state index contributed by atoms with van der Waals surface area (Å²) in [6.45, 7) is 22.8. The number of fused-ring (bicyclic) bond motifs is 1. The second-order valence-corrected chi connectivity index (χ2v) is 14.7. The van der Waals surface area contributed by atoms with Gasteiger partial charge in [0, 0.05) is 41.4 Å². The van der Waals surface area contributed by atoms with E-state index in [0.717, 1.165) is 42.9 Å². The summed E-state index contributed by atoms with van der Waals surface area (Å²) in [7, 11) is 1.76. The van der Waals surface area contributed by atoms with Gasteiger partial charge in [-0.2, -0.15) is 9.89 Å². The maximum absolute atomic E-state index is 15.3. The lowest BCUT2D eigenvalue weighted by molar-refractivity contribution is -0.122. The number of hydrogen-bond donors (Lipinski definition) is 1. The summed E-state index contributed by atoms with van der Waals surface area (Å²) in [5.41, 5.74) is 4.82. The van der Waals surface area contributed by atoms with Crippen LogP contribution in [0.3, 0.4) is 0 Å². The molecule has 1 aliphatic rings. The summed E-state index contributed by atoms with van der Waals surface area (Å²) in [5.74, 6) is -0.382. The van der Waals surface area contributed by atoms with E-state index in [-0.39, 0.29) is 35.4 Å². The third-order valence-electron chi connectivity index (χ3n) is 9.85. The van der Waals surface area contributed by atoms with Crippen LogP contribution in [0.1, 0.15) is 123 Å². The van der Waals surface area contributed by atoms with Gasteiger partial charge in [-0.3, -0.25) is 9.80 Å². The molecule has 7 nitrogen and oxygen atoms in total. The lowest BCUT2D eigenvalue weighted by Gasteiger charge is -2.22. The van der Waals surface area contributed by atoms with Gasteiger partial charge in [-0.15, -0.1) is 0 Å². The number of amidine groups is 1. The molecule has 5 rings (SSSR count). The number of aryl methyl sites for hydroxylation is 1. The van der Waals surface area contributed by atoms with E-state index in [1.165, 1.54) is 36.7 Å². The van der Waals surface area contributed by atoms with Gasteiger partial charge < -0.3 is 9.84 Å². The van der Waals surface area contributed by atoms with E-state index in [1.54, 1.807) is 24.2 Å². The molecule has 0 saturated heterocycles. The average Bonchev–Trinajstić information content (AvgIpc) is 3.80. The van der Waals surface area contributed by atoms with Crippen LogP contribution in [0.4, 0.5) is 13.3 Å². The molecule has 306 valence electrons. The highest BCUT2D eigenvalue weighted by Gasteiger charge is 2.37. The molecule has 3 aromatic carbocycles. The molecule has 0 radical (unpaired) electrons. The molecular formula is C46H63F3N4O3. The van der Waals surface area contributed by atoms with Gasteiger partial charge in [0.05, 0.1) is 12.1 Å². The number of carbonyl (C=O) groups is 1. The predicted octanol–water partition coefficient (Wildman–Crippen LogP) is 13.2. The van der Waals surface area contributed by atoms with Gasteiger partial charge in [-0.25, -0.2) is 13.8 Å². The Hall–Kier alpha value is -4.86. The SMILES string of the molecule is C=NC(=N\N(C)Cc1cc(Oc2c(F)cc3c(ccn3F)c2CCC)ccc1F)/C(=C/CCC(C)(C)CC)c1cccc(CC2(C)CC2)c1.CC.CC.O=CO. The number of hydrazone groups is 1. The quantitative estimate of drug-likeness (QED) is 0.0564. The summed E-state index contributed by atoms with van der Waals surface area (Å²) < 4.78 is 50.8. The molecular weight excluding hydrogens is 714 g/mol. The van der Waals surface area contributed by atoms with Crippen LogP contribution in [-0.2, 0) is 24.2 Å². The first-order valence-corrected chi connectivity index (χ1v) is 19.9. The molecule has 0 aliphatic heterocycles. The Morgan fingerprint density at radius 3 is 2.34 bits per heavy atom. The number of hydrogen-bond acceptors (Lipinski definition) is 4. The average molecular weight is 777 g/mol. The molecule has 56 heavy (non-hydrogen) atoms. The Balaban J connectivity index is 0.00000145. The van der Waals surface area contributed by atoms with E-state index in [1.807, 2.05) is 34.6 Å². The third-order valence-corrected chi connectivity index (χ3v) is 9.85. The minimum Gasteiger partial charge on any atom is -0.483 e. The molecule has 1 N–H and O–H groups in total. The van der Waals surface area contributed by atoms with Crippen molar-refractivity contribution in [2.45, 2.75) is 120 Å². The number of benzene rings is 3. The standard InChI is InChI=1S/C41H49F3N4O.2C2H6.CH2O2/c1-8-12-34-33-18-22-48(44)37(33)25-36(43)38(34)49-31-16-17-35(42)30(24-31)27-47(7)46-39(45-6)32(15-11-19-40(3,4)9-2)29-14-10-13-28(23-29)26-41(5)20-21-41;2*1-2;2-1-3/h10,13-18,22-25H,6,8-9,11-12,19-21,26-27H2,1-5,7H3;2*1-2H3;1H,(H,2,3)/b32-15+,46-39-;;;. The molecule has 0 bridgehead atoms. The van der Waals surface area contributed by atoms with Gasteiger partial charge in [0.1, 0.15) is 11.6 Å².